The molecule has 164 valence electrons. The maximum Gasteiger partial charge on any atom is 0.210 e. The first-order valence-electron chi connectivity index (χ1n) is 9.94. The Morgan fingerprint density at radius 2 is 2.03 bits per heavy atom. The van der Waals surface area contributed by atoms with Crippen LogP contribution in [-0.4, -0.2) is 46.2 Å². The van der Waals surface area contributed by atoms with Gasteiger partial charge in [0.05, 0.1) is 17.3 Å². The van der Waals surface area contributed by atoms with E-state index in [4.69, 9.17) is 0 Å². The summed E-state index contributed by atoms with van der Waals surface area (Å²) in [5, 5.41) is 12.3. The molecule has 1 saturated heterocycles. The van der Waals surface area contributed by atoms with Crippen molar-refractivity contribution < 1.29 is 13.2 Å². The molecule has 0 amide bonds. The highest BCUT2D eigenvalue weighted by Crippen LogP contribution is 2.32. The van der Waals surface area contributed by atoms with Crippen molar-refractivity contribution in [2.75, 3.05) is 22.6 Å². The number of ketones is 1. The Morgan fingerprint density at radius 3 is 2.74 bits per heavy atom. The number of benzene rings is 1. The predicted molar refractivity (Wildman–Crippen MR) is 126 cm³/mol. The van der Waals surface area contributed by atoms with Gasteiger partial charge in [-0.15, -0.1) is 10.2 Å². The van der Waals surface area contributed by atoms with Crippen LogP contribution >= 0.6 is 23.1 Å². The molecule has 0 aliphatic carbocycles. The Hall–Kier alpha value is -2.17. The quantitative estimate of drug-likeness (QED) is 0.400. The van der Waals surface area contributed by atoms with E-state index in [0.717, 1.165) is 27.0 Å². The number of nitrogens with zero attached hydrogens (tertiary/aromatic N) is 3. The summed E-state index contributed by atoms with van der Waals surface area (Å²) in [4.78, 5) is 12.9. The molecule has 31 heavy (non-hydrogen) atoms. The van der Waals surface area contributed by atoms with Crippen molar-refractivity contribution in [3.63, 3.8) is 0 Å². The van der Waals surface area contributed by atoms with Crippen LogP contribution in [0, 0.1) is 20.8 Å². The van der Waals surface area contributed by atoms with E-state index in [1.54, 1.807) is 0 Å². The lowest BCUT2D eigenvalue weighted by molar-refractivity contribution is 0.102. The zero-order valence-electron chi connectivity index (χ0n) is 17.6. The number of sulfone groups is 1. The number of rotatable bonds is 7. The Kier molecular flexibility index (Phi) is 6.23. The molecule has 1 unspecified atom stereocenters. The molecule has 3 aromatic rings. The number of thioether (sulfide) groups is 1. The number of hydrogen-bond donors (Lipinski definition) is 1. The van der Waals surface area contributed by atoms with E-state index in [1.165, 1.54) is 23.1 Å². The SMILES string of the molecule is Cc1ccccc1Nc1nnc(SCC(=O)c2cc(C)n(C3CCS(=O)(=O)C3)c2C)s1. The Labute approximate surface area is 190 Å². The lowest BCUT2D eigenvalue weighted by Crippen LogP contribution is -2.14. The summed E-state index contributed by atoms with van der Waals surface area (Å²) in [5.74, 6) is 0.622. The standard InChI is InChI=1S/C21H24N4O3S3/c1-13-6-4-5-7-18(13)22-20-23-24-21(30-20)29-11-19(26)17-10-14(2)25(15(17)3)16-8-9-31(27,28)12-16/h4-7,10,16H,8-9,11-12H2,1-3H3,(H,22,23). The van der Waals surface area contributed by atoms with Gasteiger partial charge < -0.3 is 9.88 Å². The second-order valence-electron chi connectivity index (χ2n) is 7.74. The number of hydrogen-bond acceptors (Lipinski definition) is 8. The minimum atomic E-state index is -2.99. The third kappa shape index (κ3) is 4.86. The Morgan fingerprint density at radius 1 is 1.26 bits per heavy atom. The Balaban J connectivity index is 1.41. The van der Waals surface area contributed by atoms with Crippen LogP contribution in [0.2, 0.25) is 0 Å². The average molecular weight is 477 g/mol. The predicted octanol–water partition coefficient (Wildman–Crippen LogP) is 4.34. The first-order chi connectivity index (χ1) is 14.7. The fourth-order valence-electron chi connectivity index (χ4n) is 3.95. The van der Waals surface area contributed by atoms with Crippen LogP contribution in [-0.2, 0) is 9.84 Å². The average Bonchev–Trinajstić information content (AvgIpc) is 3.39. The van der Waals surface area contributed by atoms with Crippen molar-refractivity contribution in [3.8, 4) is 0 Å². The van der Waals surface area contributed by atoms with Crippen LogP contribution in [0.25, 0.3) is 0 Å². The topological polar surface area (TPSA) is 93.9 Å². The van der Waals surface area contributed by atoms with Crippen molar-refractivity contribution in [3.05, 3.63) is 52.8 Å². The normalized spacial score (nSPS) is 17.7. The minimum Gasteiger partial charge on any atom is -0.344 e. The van der Waals surface area contributed by atoms with Crippen molar-refractivity contribution in [1.82, 2.24) is 14.8 Å². The molecule has 7 nitrogen and oxygen atoms in total. The van der Waals surface area contributed by atoms with Gasteiger partial charge in [-0.05, 0) is 44.9 Å². The van der Waals surface area contributed by atoms with E-state index in [9.17, 15) is 13.2 Å². The number of anilines is 2. The molecule has 1 N–H and O–H groups in total. The fraction of sp³-hybridized carbons (Fsp3) is 0.381. The largest absolute Gasteiger partial charge is 0.344 e. The summed E-state index contributed by atoms with van der Waals surface area (Å²) < 4.78 is 26.5. The molecule has 0 radical (unpaired) electrons. The van der Waals surface area contributed by atoms with Crippen LogP contribution in [0.3, 0.4) is 0 Å². The highest BCUT2D eigenvalue weighted by atomic mass is 32.2. The summed E-state index contributed by atoms with van der Waals surface area (Å²) in [5.41, 5.74) is 4.51. The third-order valence-corrected chi connectivity index (χ3v) is 9.20. The number of nitrogens with one attached hydrogen (secondary N) is 1. The summed E-state index contributed by atoms with van der Waals surface area (Å²) in [6.07, 6.45) is 0.600. The maximum atomic E-state index is 12.9. The van der Waals surface area contributed by atoms with E-state index in [1.807, 2.05) is 55.7 Å². The summed E-state index contributed by atoms with van der Waals surface area (Å²) in [6, 6.07) is 9.73. The van der Waals surface area contributed by atoms with Gasteiger partial charge >= 0.3 is 0 Å². The summed E-state index contributed by atoms with van der Waals surface area (Å²) >= 11 is 2.78. The first-order valence-corrected chi connectivity index (χ1v) is 13.6. The van der Waals surface area contributed by atoms with E-state index < -0.39 is 9.84 Å². The second-order valence-corrected chi connectivity index (χ2v) is 12.2. The van der Waals surface area contributed by atoms with Gasteiger partial charge in [0, 0.05) is 28.7 Å². The first kappa shape index (κ1) is 22.0. The summed E-state index contributed by atoms with van der Waals surface area (Å²) in [7, 11) is -2.99. The number of carbonyl (C=O) groups excluding carboxylic acids is 1. The number of para-hydroxylation sites is 1. The smallest absolute Gasteiger partial charge is 0.210 e. The zero-order valence-corrected chi connectivity index (χ0v) is 20.0. The van der Waals surface area contributed by atoms with Gasteiger partial charge in [-0.1, -0.05) is 41.3 Å². The molecule has 10 heteroatoms. The fourth-order valence-corrected chi connectivity index (χ4v) is 7.30. The summed E-state index contributed by atoms with van der Waals surface area (Å²) in [6.45, 7) is 5.84. The Bertz CT molecular complexity index is 1230. The minimum absolute atomic E-state index is 0.00816. The van der Waals surface area contributed by atoms with Crippen LogP contribution in [0.4, 0.5) is 10.8 Å². The van der Waals surface area contributed by atoms with E-state index in [2.05, 4.69) is 15.5 Å². The molecule has 0 saturated carbocycles. The van der Waals surface area contributed by atoms with Crippen molar-refractivity contribution in [1.29, 1.82) is 0 Å². The molecule has 1 aliphatic heterocycles. The molecule has 1 aliphatic rings. The molecular weight excluding hydrogens is 452 g/mol. The molecule has 3 heterocycles. The van der Waals surface area contributed by atoms with Crippen LogP contribution in [0.5, 0.6) is 0 Å². The number of Topliss-reactive ketones (excluding diaryl/α,β-unsaturated/α-hetero) is 1. The van der Waals surface area contributed by atoms with E-state index >= 15 is 0 Å². The number of aromatic nitrogens is 3. The van der Waals surface area contributed by atoms with Gasteiger partial charge in [-0.25, -0.2) is 8.42 Å². The zero-order chi connectivity index (χ0) is 22.2. The molecular formula is C21H24N4O3S3. The second kappa shape index (κ2) is 8.76. The molecule has 2 aromatic heterocycles. The highest BCUT2D eigenvalue weighted by molar-refractivity contribution is 8.01. The van der Waals surface area contributed by atoms with Crippen LogP contribution in [0.15, 0.2) is 34.7 Å². The van der Waals surface area contributed by atoms with E-state index in [-0.39, 0.29) is 29.1 Å². The van der Waals surface area contributed by atoms with Crippen molar-refractivity contribution >= 4 is 49.5 Å². The molecule has 1 fully saturated rings. The van der Waals surface area contributed by atoms with Gasteiger partial charge in [0.2, 0.25) is 5.13 Å². The monoisotopic (exact) mass is 476 g/mol. The van der Waals surface area contributed by atoms with Gasteiger partial charge in [0.15, 0.2) is 20.0 Å². The van der Waals surface area contributed by atoms with Crippen LogP contribution < -0.4 is 5.32 Å². The lowest BCUT2D eigenvalue weighted by Gasteiger charge is -2.16. The molecule has 0 bridgehead atoms. The van der Waals surface area contributed by atoms with Crippen LogP contribution in [0.1, 0.15) is 39.8 Å². The van der Waals surface area contributed by atoms with Crippen molar-refractivity contribution in [2.45, 2.75) is 37.6 Å². The maximum absolute atomic E-state index is 12.9. The number of aryl methyl sites for hydroxylation is 2. The van der Waals surface area contributed by atoms with Gasteiger partial charge in [-0.3, -0.25) is 4.79 Å². The van der Waals surface area contributed by atoms with Crippen molar-refractivity contribution in [2.24, 2.45) is 0 Å². The lowest BCUT2D eigenvalue weighted by atomic mass is 10.2. The molecule has 0 spiro atoms. The van der Waals surface area contributed by atoms with Gasteiger partial charge in [-0.2, -0.15) is 0 Å². The van der Waals surface area contributed by atoms with Gasteiger partial charge in [0.1, 0.15) is 0 Å². The highest BCUT2D eigenvalue weighted by Gasteiger charge is 2.31. The molecule has 1 aromatic carbocycles. The third-order valence-electron chi connectivity index (χ3n) is 5.48. The number of carbonyl (C=O) groups is 1. The van der Waals surface area contributed by atoms with E-state index in [0.29, 0.717) is 17.1 Å². The molecule has 4 rings (SSSR count). The molecule has 1 atom stereocenters. The van der Waals surface area contributed by atoms with Gasteiger partial charge in [0.25, 0.3) is 0 Å².